The molecule has 126 valence electrons. The van der Waals surface area contributed by atoms with Gasteiger partial charge >= 0.3 is 4.87 Å². The van der Waals surface area contributed by atoms with E-state index in [2.05, 4.69) is 23.9 Å². The molecule has 23 heavy (non-hydrogen) atoms. The number of rotatable bonds is 8. The van der Waals surface area contributed by atoms with Crippen LogP contribution < -0.4 is 14.3 Å². The lowest BCUT2D eigenvalue weighted by molar-refractivity contribution is 0.324. The van der Waals surface area contributed by atoms with Crippen LogP contribution in [0.5, 0.6) is 11.5 Å². The maximum atomic E-state index is 11.8. The molecule has 1 aromatic carbocycles. The van der Waals surface area contributed by atoms with Gasteiger partial charge in [0.05, 0.1) is 19.9 Å². The zero-order valence-corrected chi connectivity index (χ0v) is 15.0. The molecule has 0 aliphatic heterocycles. The monoisotopic (exact) mass is 336 g/mol. The summed E-state index contributed by atoms with van der Waals surface area (Å²) >= 11 is 1.27. The van der Waals surface area contributed by atoms with Gasteiger partial charge in [0.25, 0.3) is 0 Å². The lowest BCUT2D eigenvalue weighted by Gasteiger charge is -2.16. The van der Waals surface area contributed by atoms with E-state index in [1.165, 1.54) is 11.3 Å². The number of aromatic nitrogens is 1. The van der Waals surface area contributed by atoms with Gasteiger partial charge in [-0.15, -0.1) is 0 Å². The topological polar surface area (TPSA) is 54.6 Å². The van der Waals surface area contributed by atoms with Crippen LogP contribution in [0, 0.1) is 0 Å². The summed E-state index contributed by atoms with van der Waals surface area (Å²) in [6, 6.07) is 5.69. The van der Waals surface area contributed by atoms with E-state index in [4.69, 9.17) is 9.47 Å². The number of unbranched alkanes of at least 4 members (excludes halogenated alkanes) is 1. The molecule has 0 amide bonds. The SMILES string of the molecule is CCCCN(C)Cc1sc(=O)[nH]c1-c1ccc(OC)c(OC)c1. The van der Waals surface area contributed by atoms with Crippen molar-refractivity contribution in [1.82, 2.24) is 9.88 Å². The van der Waals surface area contributed by atoms with Gasteiger partial charge in [0.1, 0.15) is 0 Å². The number of methoxy groups -OCH3 is 2. The van der Waals surface area contributed by atoms with Crippen molar-refractivity contribution in [3.05, 3.63) is 32.7 Å². The molecule has 0 fully saturated rings. The Balaban J connectivity index is 2.31. The van der Waals surface area contributed by atoms with Crippen molar-refractivity contribution < 1.29 is 9.47 Å². The molecular weight excluding hydrogens is 312 g/mol. The third-order valence-corrected chi connectivity index (χ3v) is 4.57. The van der Waals surface area contributed by atoms with Crippen LogP contribution in [-0.2, 0) is 6.54 Å². The molecule has 1 heterocycles. The highest BCUT2D eigenvalue weighted by atomic mass is 32.1. The molecule has 2 aromatic rings. The Labute approximate surface area is 140 Å². The van der Waals surface area contributed by atoms with Crippen molar-refractivity contribution in [3.8, 4) is 22.8 Å². The van der Waals surface area contributed by atoms with Crippen LogP contribution in [-0.4, -0.2) is 37.7 Å². The van der Waals surface area contributed by atoms with Gasteiger partial charge in [-0.1, -0.05) is 24.7 Å². The molecule has 2 rings (SSSR count). The number of hydrogen-bond donors (Lipinski definition) is 1. The fourth-order valence-corrected chi connectivity index (χ4v) is 3.38. The molecular formula is C17H24N2O3S. The number of thiazole rings is 1. The van der Waals surface area contributed by atoms with Crippen LogP contribution in [0.15, 0.2) is 23.0 Å². The number of H-pyrrole nitrogens is 1. The van der Waals surface area contributed by atoms with E-state index in [0.717, 1.165) is 42.1 Å². The molecule has 0 unspecified atom stereocenters. The molecule has 1 aromatic heterocycles. The van der Waals surface area contributed by atoms with Crippen molar-refractivity contribution in [2.45, 2.75) is 26.3 Å². The van der Waals surface area contributed by atoms with E-state index in [1.54, 1.807) is 14.2 Å². The standard InChI is InChI=1S/C17H24N2O3S/c1-5-6-9-19(2)11-15-16(18-17(20)23-15)12-7-8-13(21-3)14(10-12)22-4/h7-8,10H,5-6,9,11H2,1-4H3,(H,18,20). The van der Waals surface area contributed by atoms with Gasteiger partial charge in [-0.25, -0.2) is 0 Å². The third-order valence-electron chi connectivity index (χ3n) is 3.70. The molecule has 5 nitrogen and oxygen atoms in total. The summed E-state index contributed by atoms with van der Waals surface area (Å²) in [5.41, 5.74) is 1.80. The third kappa shape index (κ3) is 4.36. The van der Waals surface area contributed by atoms with E-state index >= 15 is 0 Å². The number of ether oxygens (including phenoxy) is 2. The maximum absolute atomic E-state index is 11.8. The van der Waals surface area contributed by atoms with E-state index in [0.29, 0.717) is 11.5 Å². The van der Waals surface area contributed by atoms with Crippen molar-refractivity contribution in [2.24, 2.45) is 0 Å². The Bertz CT molecular complexity index is 693. The zero-order valence-electron chi connectivity index (χ0n) is 14.1. The quantitative estimate of drug-likeness (QED) is 0.803. The second kappa shape index (κ2) is 8.17. The highest BCUT2D eigenvalue weighted by Gasteiger charge is 2.14. The second-order valence-corrected chi connectivity index (χ2v) is 6.54. The average Bonchev–Trinajstić information content (AvgIpc) is 2.92. The fraction of sp³-hybridized carbons (Fsp3) is 0.471. The van der Waals surface area contributed by atoms with Crippen LogP contribution in [0.1, 0.15) is 24.6 Å². The molecule has 0 bridgehead atoms. The number of benzene rings is 1. The van der Waals surface area contributed by atoms with Crippen LogP contribution in [0.3, 0.4) is 0 Å². The van der Waals surface area contributed by atoms with Gasteiger partial charge < -0.3 is 19.4 Å². The molecule has 0 aliphatic rings. The Morgan fingerprint density at radius 1 is 1.22 bits per heavy atom. The number of hydrogen-bond acceptors (Lipinski definition) is 5. The minimum atomic E-state index is -0.0336. The Kier molecular flexibility index (Phi) is 6.24. The predicted octanol–water partition coefficient (Wildman–Crippen LogP) is 3.35. The van der Waals surface area contributed by atoms with Gasteiger partial charge in [-0.05, 0) is 38.2 Å². The molecule has 0 aliphatic carbocycles. The van der Waals surface area contributed by atoms with Crippen molar-refractivity contribution in [2.75, 3.05) is 27.8 Å². The second-order valence-electron chi connectivity index (χ2n) is 5.47. The summed E-state index contributed by atoms with van der Waals surface area (Å²) in [6.45, 7) is 3.96. The van der Waals surface area contributed by atoms with Gasteiger partial charge in [-0.3, -0.25) is 4.79 Å². The van der Waals surface area contributed by atoms with E-state index in [-0.39, 0.29) is 4.87 Å². The summed E-state index contributed by atoms with van der Waals surface area (Å²) in [4.78, 5) is 18.0. The van der Waals surface area contributed by atoms with E-state index < -0.39 is 0 Å². The van der Waals surface area contributed by atoms with Crippen LogP contribution >= 0.6 is 11.3 Å². The minimum Gasteiger partial charge on any atom is -0.493 e. The van der Waals surface area contributed by atoms with Crippen LogP contribution in [0.2, 0.25) is 0 Å². The van der Waals surface area contributed by atoms with E-state index in [1.807, 2.05) is 18.2 Å². The van der Waals surface area contributed by atoms with E-state index in [9.17, 15) is 4.79 Å². The number of aromatic amines is 1. The Morgan fingerprint density at radius 3 is 2.61 bits per heavy atom. The first-order valence-electron chi connectivity index (χ1n) is 7.72. The maximum Gasteiger partial charge on any atom is 0.305 e. The largest absolute Gasteiger partial charge is 0.493 e. The smallest absolute Gasteiger partial charge is 0.305 e. The Hall–Kier alpha value is -1.79. The lowest BCUT2D eigenvalue weighted by atomic mass is 10.1. The molecule has 0 saturated carbocycles. The van der Waals surface area contributed by atoms with Crippen molar-refractivity contribution in [1.29, 1.82) is 0 Å². The number of nitrogens with zero attached hydrogens (tertiary/aromatic N) is 1. The zero-order chi connectivity index (χ0) is 16.8. The molecule has 0 saturated heterocycles. The highest BCUT2D eigenvalue weighted by molar-refractivity contribution is 7.09. The summed E-state index contributed by atoms with van der Waals surface area (Å²) < 4.78 is 10.6. The first-order chi connectivity index (χ1) is 11.1. The summed E-state index contributed by atoms with van der Waals surface area (Å²) in [5.74, 6) is 1.33. The first-order valence-corrected chi connectivity index (χ1v) is 8.53. The summed E-state index contributed by atoms with van der Waals surface area (Å²) in [7, 11) is 5.30. The van der Waals surface area contributed by atoms with Crippen LogP contribution in [0.25, 0.3) is 11.3 Å². The van der Waals surface area contributed by atoms with Gasteiger partial charge in [-0.2, -0.15) is 0 Å². The molecule has 6 heteroatoms. The molecule has 0 radical (unpaired) electrons. The summed E-state index contributed by atoms with van der Waals surface area (Å²) in [6.07, 6.45) is 2.32. The molecule has 0 atom stereocenters. The minimum absolute atomic E-state index is 0.0336. The van der Waals surface area contributed by atoms with Crippen molar-refractivity contribution >= 4 is 11.3 Å². The first kappa shape index (κ1) is 17.6. The summed E-state index contributed by atoms with van der Waals surface area (Å²) in [5, 5.41) is 0. The molecule has 1 N–H and O–H groups in total. The van der Waals surface area contributed by atoms with Gasteiger partial charge in [0.2, 0.25) is 0 Å². The van der Waals surface area contributed by atoms with Crippen molar-refractivity contribution in [3.63, 3.8) is 0 Å². The van der Waals surface area contributed by atoms with Gasteiger partial charge in [0, 0.05) is 17.0 Å². The lowest BCUT2D eigenvalue weighted by Crippen LogP contribution is -2.18. The highest BCUT2D eigenvalue weighted by Crippen LogP contribution is 2.33. The Morgan fingerprint density at radius 2 is 1.96 bits per heavy atom. The van der Waals surface area contributed by atoms with Gasteiger partial charge in [0.15, 0.2) is 11.5 Å². The molecule has 0 spiro atoms. The normalized spacial score (nSPS) is 11.0. The predicted molar refractivity (Wildman–Crippen MR) is 94.7 cm³/mol. The fourth-order valence-electron chi connectivity index (χ4n) is 2.45. The number of nitrogens with one attached hydrogen (secondary N) is 1. The van der Waals surface area contributed by atoms with Crippen LogP contribution in [0.4, 0.5) is 0 Å². The average molecular weight is 336 g/mol.